The van der Waals surface area contributed by atoms with Gasteiger partial charge in [0.2, 0.25) is 0 Å². The van der Waals surface area contributed by atoms with Crippen molar-refractivity contribution in [3.63, 3.8) is 0 Å². The molecule has 0 radical (unpaired) electrons. The smallest absolute Gasteiger partial charge is 0.261 e. The molecular formula is C20H24N2O4. The van der Waals surface area contributed by atoms with Crippen molar-refractivity contribution >= 4 is 21.5 Å². The molecule has 0 amide bonds. The second-order valence-corrected chi connectivity index (χ2v) is 7.87. The Kier molecular flexibility index (Phi) is 4.25. The SMILES string of the molecule is CC(C)C(C)n1c(=O)c2cc3c(=O)n(C(C)C(C)C)c(=O)c3cc2c1=O. The van der Waals surface area contributed by atoms with Crippen LogP contribution in [-0.2, 0) is 0 Å². The zero-order valence-electron chi connectivity index (χ0n) is 16.0. The molecule has 0 fully saturated rings. The Morgan fingerprint density at radius 1 is 0.538 bits per heavy atom. The quantitative estimate of drug-likeness (QED) is 0.719. The molecule has 138 valence electrons. The predicted molar refractivity (Wildman–Crippen MR) is 104 cm³/mol. The van der Waals surface area contributed by atoms with Crippen LogP contribution in [0.3, 0.4) is 0 Å². The molecule has 3 rings (SSSR count). The Balaban J connectivity index is 2.43. The van der Waals surface area contributed by atoms with Crippen molar-refractivity contribution in [2.24, 2.45) is 11.8 Å². The van der Waals surface area contributed by atoms with E-state index in [1.807, 2.05) is 41.5 Å². The molecule has 0 aliphatic rings. The highest BCUT2D eigenvalue weighted by molar-refractivity contribution is 5.97. The summed E-state index contributed by atoms with van der Waals surface area (Å²) in [6.45, 7) is 11.4. The third-order valence-electron chi connectivity index (χ3n) is 5.70. The van der Waals surface area contributed by atoms with Crippen LogP contribution in [-0.4, -0.2) is 9.13 Å². The average Bonchev–Trinajstić information content (AvgIpc) is 2.97. The minimum absolute atomic E-state index is 0.106. The number of nitrogens with zero attached hydrogens (tertiary/aromatic N) is 2. The van der Waals surface area contributed by atoms with E-state index in [9.17, 15) is 19.2 Å². The van der Waals surface area contributed by atoms with Crippen LogP contribution in [0.1, 0.15) is 53.6 Å². The summed E-state index contributed by atoms with van der Waals surface area (Å²) in [6.07, 6.45) is 0. The van der Waals surface area contributed by atoms with Gasteiger partial charge >= 0.3 is 0 Å². The molecular weight excluding hydrogens is 332 g/mol. The molecule has 0 saturated heterocycles. The zero-order chi connectivity index (χ0) is 19.5. The Morgan fingerprint density at radius 3 is 0.962 bits per heavy atom. The number of rotatable bonds is 4. The maximum absolute atomic E-state index is 12.8. The first-order chi connectivity index (χ1) is 12.1. The van der Waals surface area contributed by atoms with E-state index in [2.05, 4.69) is 0 Å². The van der Waals surface area contributed by atoms with Crippen LogP contribution in [0.4, 0.5) is 0 Å². The summed E-state index contributed by atoms with van der Waals surface area (Å²) < 4.78 is 2.46. The molecule has 26 heavy (non-hydrogen) atoms. The van der Waals surface area contributed by atoms with Crippen molar-refractivity contribution in [1.29, 1.82) is 0 Å². The molecule has 2 aromatic heterocycles. The fourth-order valence-corrected chi connectivity index (χ4v) is 3.35. The van der Waals surface area contributed by atoms with E-state index in [1.165, 1.54) is 21.3 Å². The van der Waals surface area contributed by atoms with E-state index in [0.29, 0.717) is 0 Å². The molecule has 1 aromatic carbocycles. The van der Waals surface area contributed by atoms with Gasteiger partial charge in [-0.1, -0.05) is 27.7 Å². The monoisotopic (exact) mass is 356 g/mol. The number of hydrogen-bond donors (Lipinski definition) is 0. The van der Waals surface area contributed by atoms with Gasteiger partial charge in [0.1, 0.15) is 0 Å². The molecule has 3 aromatic rings. The second kappa shape index (κ2) is 6.04. The van der Waals surface area contributed by atoms with Gasteiger partial charge in [0.05, 0.1) is 21.5 Å². The first kappa shape index (κ1) is 18.3. The lowest BCUT2D eigenvalue weighted by atomic mass is 10.1. The standard InChI is InChI=1S/C20H24N2O4/c1-9(2)11(5)21-17(23)13-7-15-16(8-14(13)18(21)24)20(26)22(19(15)25)12(6)10(3)4/h7-12H,1-6H3. The lowest BCUT2D eigenvalue weighted by molar-refractivity contribution is 0.395. The van der Waals surface area contributed by atoms with Crippen molar-refractivity contribution in [3.05, 3.63) is 53.5 Å². The number of hydrogen-bond acceptors (Lipinski definition) is 4. The normalized spacial score (nSPS) is 14.8. The first-order valence-corrected chi connectivity index (χ1v) is 9.01. The molecule has 0 aliphatic heterocycles. The molecule has 6 heteroatoms. The van der Waals surface area contributed by atoms with Crippen LogP contribution < -0.4 is 22.2 Å². The Labute approximate surface area is 150 Å². The van der Waals surface area contributed by atoms with Gasteiger partial charge in [-0.25, -0.2) is 0 Å². The molecule has 0 N–H and O–H groups in total. The van der Waals surface area contributed by atoms with E-state index >= 15 is 0 Å². The minimum atomic E-state index is -0.399. The Hall–Kier alpha value is -2.50. The molecule has 0 saturated carbocycles. The van der Waals surface area contributed by atoms with Gasteiger partial charge in [0.15, 0.2) is 0 Å². The molecule has 2 heterocycles. The van der Waals surface area contributed by atoms with E-state index in [0.717, 1.165) is 0 Å². The topological polar surface area (TPSA) is 78.1 Å². The van der Waals surface area contributed by atoms with Gasteiger partial charge < -0.3 is 0 Å². The lowest BCUT2D eigenvalue weighted by Crippen LogP contribution is -2.31. The largest absolute Gasteiger partial charge is 0.271 e. The molecule has 0 aliphatic carbocycles. The van der Waals surface area contributed by atoms with E-state index in [1.54, 1.807) is 0 Å². The van der Waals surface area contributed by atoms with Crippen LogP contribution >= 0.6 is 0 Å². The first-order valence-electron chi connectivity index (χ1n) is 9.01. The van der Waals surface area contributed by atoms with Crippen LogP contribution in [0.15, 0.2) is 31.3 Å². The predicted octanol–water partition coefficient (Wildman–Crippen LogP) is 2.35. The average molecular weight is 356 g/mol. The Bertz CT molecular complexity index is 1030. The van der Waals surface area contributed by atoms with Crippen molar-refractivity contribution in [1.82, 2.24) is 9.13 Å². The third kappa shape index (κ3) is 2.39. The van der Waals surface area contributed by atoms with Gasteiger partial charge in [-0.3, -0.25) is 28.3 Å². The van der Waals surface area contributed by atoms with E-state index in [4.69, 9.17) is 0 Å². The van der Waals surface area contributed by atoms with Gasteiger partial charge in [-0.2, -0.15) is 0 Å². The zero-order valence-corrected chi connectivity index (χ0v) is 16.0. The highest BCUT2D eigenvalue weighted by atomic mass is 16.2. The van der Waals surface area contributed by atoms with Crippen LogP contribution in [0, 0.1) is 11.8 Å². The van der Waals surface area contributed by atoms with Crippen molar-refractivity contribution in [3.8, 4) is 0 Å². The molecule has 0 bridgehead atoms. The van der Waals surface area contributed by atoms with Crippen molar-refractivity contribution in [2.45, 2.75) is 53.6 Å². The third-order valence-corrected chi connectivity index (χ3v) is 5.70. The van der Waals surface area contributed by atoms with Crippen molar-refractivity contribution in [2.75, 3.05) is 0 Å². The highest BCUT2D eigenvalue weighted by Gasteiger charge is 2.24. The number of fused-ring (bicyclic) bond motifs is 2. The van der Waals surface area contributed by atoms with Crippen LogP contribution in [0.2, 0.25) is 0 Å². The minimum Gasteiger partial charge on any atom is -0.271 e. The second-order valence-electron chi connectivity index (χ2n) is 7.87. The molecule has 2 atom stereocenters. The summed E-state index contributed by atoms with van der Waals surface area (Å²) in [5, 5.41) is 0.839. The summed E-state index contributed by atoms with van der Waals surface area (Å²) in [5.41, 5.74) is -1.59. The molecule has 6 nitrogen and oxygen atoms in total. The van der Waals surface area contributed by atoms with Gasteiger partial charge in [0.25, 0.3) is 22.2 Å². The summed E-state index contributed by atoms with van der Waals surface area (Å²) in [7, 11) is 0. The summed E-state index contributed by atoms with van der Waals surface area (Å²) in [5.74, 6) is 0.212. The van der Waals surface area contributed by atoms with Gasteiger partial charge in [0, 0.05) is 12.1 Å². The number of aromatic nitrogens is 2. The van der Waals surface area contributed by atoms with Crippen molar-refractivity contribution < 1.29 is 0 Å². The van der Waals surface area contributed by atoms with Gasteiger partial charge in [-0.15, -0.1) is 0 Å². The van der Waals surface area contributed by atoms with E-state index < -0.39 is 22.2 Å². The van der Waals surface area contributed by atoms with Crippen LogP contribution in [0.5, 0.6) is 0 Å². The molecule has 0 spiro atoms. The highest BCUT2D eigenvalue weighted by Crippen LogP contribution is 2.20. The van der Waals surface area contributed by atoms with Gasteiger partial charge in [-0.05, 0) is 37.8 Å². The lowest BCUT2D eigenvalue weighted by Gasteiger charge is -2.15. The summed E-state index contributed by atoms with van der Waals surface area (Å²) >= 11 is 0. The maximum atomic E-state index is 12.8. The van der Waals surface area contributed by atoms with Crippen LogP contribution in [0.25, 0.3) is 21.5 Å². The fourth-order valence-electron chi connectivity index (χ4n) is 3.35. The maximum Gasteiger partial charge on any atom is 0.261 e. The summed E-state index contributed by atoms with van der Waals surface area (Å²) in [6, 6.07) is 2.32. The molecule has 2 unspecified atom stereocenters. The fraction of sp³-hybridized carbons (Fsp3) is 0.500. The summed E-state index contributed by atoms with van der Waals surface area (Å²) in [4.78, 5) is 51.0. The van der Waals surface area contributed by atoms with E-state index in [-0.39, 0.29) is 45.5 Å². The Morgan fingerprint density at radius 2 is 0.769 bits per heavy atom. The number of benzene rings is 1.